The first kappa shape index (κ1) is 32.4. The quantitative estimate of drug-likeness (QED) is 0.356. The lowest BCUT2D eigenvalue weighted by Crippen LogP contribution is -2.66. The Bertz CT molecular complexity index is 661. The summed E-state index contributed by atoms with van der Waals surface area (Å²) in [5, 5.41) is 11.4. The van der Waals surface area contributed by atoms with Gasteiger partial charge >= 0.3 is 0 Å². The highest BCUT2D eigenvalue weighted by Gasteiger charge is 2.54. The van der Waals surface area contributed by atoms with Gasteiger partial charge in [-0.25, -0.2) is 0 Å². The predicted molar refractivity (Wildman–Crippen MR) is 149 cm³/mol. The average Bonchev–Trinajstić information content (AvgIpc) is 2.61. The zero-order valence-electron chi connectivity index (χ0n) is 25.1. The average molecular weight is 537 g/mol. The van der Waals surface area contributed by atoms with Gasteiger partial charge in [0.1, 0.15) is 24.4 Å². The van der Waals surface area contributed by atoms with Gasteiger partial charge in [0.15, 0.2) is 31.2 Å². The lowest BCUT2D eigenvalue weighted by Gasteiger charge is -2.52. The van der Waals surface area contributed by atoms with Crippen LogP contribution in [0.15, 0.2) is 0 Å². The third kappa shape index (κ3) is 7.47. The van der Waals surface area contributed by atoms with E-state index in [1.165, 1.54) is 0 Å². The van der Waals surface area contributed by atoms with Crippen LogP contribution >= 0.6 is 0 Å². The van der Waals surface area contributed by atoms with Crippen molar-refractivity contribution in [2.75, 3.05) is 13.7 Å². The van der Waals surface area contributed by atoms with Crippen LogP contribution in [0.5, 0.6) is 0 Å². The van der Waals surface area contributed by atoms with Gasteiger partial charge in [-0.15, -0.1) is 0 Å². The van der Waals surface area contributed by atoms with Crippen molar-refractivity contribution >= 4 is 25.0 Å². The Morgan fingerprint density at radius 1 is 0.676 bits per heavy atom. The van der Waals surface area contributed by atoms with E-state index in [0.717, 1.165) is 0 Å². The molecule has 0 radical (unpaired) electrons. The van der Waals surface area contributed by atoms with E-state index < -0.39 is 55.7 Å². The number of rotatable bonds is 8. The van der Waals surface area contributed by atoms with Crippen LogP contribution in [0.25, 0.3) is 0 Å². The normalized spacial score (nSPS) is 28.3. The molecule has 1 N–H and O–H groups in total. The third-order valence-electron chi connectivity index (χ3n) is 8.74. The van der Waals surface area contributed by atoms with Crippen molar-refractivity contribution in [3.05, 3.63) is 0 Å². The first-order valence-corrected chi connectivity index (χ1v) is 21.5. The maximum absolute atomic E-state index is 11.4. The highest BCUT2D eigenvalue weighted by molar-refractivity contribution is 6.75. The summed E-state index contributed by atoms with van der Waals surface area (Å²) in [6.07, 6.45) is -3.13. The van der Waals surface area contributed by atoms with Crippen molar-refractivity contribution in [3.63, 3.8) is 0 Å². The molecule has 0 aromatic heterocycles. The number of hydrogen-bond acceptors (Lipinski definition) is 6. The second kappa shape index (κ2) is 10.6. The molecule has 1 aliphatic rings. The van der Waals surface area contributed by atoms with Gasteiger partial charge in [0.2, 0.25) is 0 Å². The summed E-state index contributed by atoms with van der Waals surface area (Å²) in [5.41, 5.74) is 0. The zero-order valence-corrected chi connectivity index (χ0v) is 28.1. The summed E-state index contributed by atoms with van der Waals surface area (Å²) in [7, 11) is -4.89. The number of aliphatic hydroxyl groups excluding tert-OH is 1. The van der Waals surface area contributed by atoms with Crippen molar-refractivity contribution < 1.29 is 27.9 Å². The highest BCUT2D eigenvalue weighted by Crippen LogP contribution is 2.44. The zero-order chi connectivity index (χ0) is 27.1. The Hall–Kier alpha value is 0.411. The van der Waals surface area contributed by atoms with Crippen molar-refractivity contribution in [2.24, 2.45) is 0 Å². The SMILES string of the molecule is CO[C@@H]1O[C@H](CO[Si](C)(C)C(C)(C)C)[C@@H](O[Si](C)(C)C(C)(C)C)[C@H](O[Si](C)(C)C(C)(C)C)[C@H]1O. The summed E-state index contributed by atoms with van der Waals surface area (Å²) in [6.45, 7) is 33.8. The molecule has 1 fully saturated rings. The van der Waals surface area contributed by atoms with E-state index in [-0.39, 0.29) is 15.1 Å². The van der Waals surface area contributed by atoms with Crippen molar-refractivity contribution in [1.29, 1.82) is 0 Å². The maximum Gasteiger partial charge on any atom is 0.192 e. The van der Waals surface area contributed by atoms with Gasteiger partial charge in [0.05, 0.1) is 6.61 Å². The molecule has 0 aromatic carbocycles. The predicted octanol–water partition coefficient (Wildman–Crippen LogP) is 6.52. The maximum atomic E-state index is 11.4. The second-order valence-corrected chi connectivity index (χ2v) is 28.8. The van der Waals surface area contributed by atoms with E-state index in [1.54, 1.807) is 7.11 Å². The molecule has 1 saturated heterocycles. The molecule has 0 spiro atoms. The van der Waals surface area contributed by atoms with Gasteiger partial charge in [-0.2, -0.15) is 0 Å². The summed E-state index contributed by atoms with van der Waals surface area (Å²) in [4.78, 5) is 0. The van der Waals surface area contributed by atoms with Crippen LogP contribution in [-0.2, 0) is 22.8 Å². The molecule has 204 valence electrons. The van der Waals surface area contributed by atoms with Crippen LogP contribution in [0, 0.1) is 0 Å². The van der Waals surface area contributed by atoms with E-state index in [2.05, 4.69) is 102 Å². The van der Waals surface area contributed by atoms with Gasteiger partial charge < -0.3 is 27.9 Å². The van der Waals surface area contributed by atoms with Gasteiger partial charge in [-0.05, 0) is 54.4 Å². The van der Waals surface area contributed by atoms with Crippen molar-refractivity contribution in [2.45, 2.75) is 147 Å². The molecule has 0 bridgehead atoms. The Morgan fingerprint density at radius 2 is 1.06 bits per heavy atom. The topological polar surface area (TPSA) is 66.4 Å². The van der Waals surface area contributed by atoms with Crippen molar-refractivity contribution in [1.82, 2.24) is 0 Å². The summed E-state index contributed by atoms with van der Waals surface area (Å²) in [6, 6.07) is 0. The molecular weight excluding hydrogens is 481 g/mol. The van der Waals surface area contributed by atoms with Gasteiger partial charge in [-0.3, -0.25) is 0 Å². The minimum Gasteiger partial charge on any atom is -0.414 e. The summed E-state index contributed by atoms with van der Waals surface area (Å²) in [5.74, 6) is 0. The van der Waals surface area contributed by atoms with Crippen LogP contribution in [0.1, 0.15) is 62.3 Å². The molecular formula is C25H56O6Si3. The van der Waals surface area contributed by atoms with E-state index in [4.69, 9.17) is 22.8 Å². The Morgan fingerprint density at radius 3 is 1.41 bits per heavy atom. The Kier molecular flexibility index (Phi) is 10.2. The molecule has 34 heavy (non-hydrogen) atoms. The molecule has 1 rings (SSSR count). The smallest absolute Gasteiger partial charge is 0.192 e. The monoisotopic (exact) mass is 536 g/mol. The Balaban J connectivity index is 3.47. The molecule has 0 saturated carbocycles. The number of ether oxygens (including phenoxy) is 2. The first-order valence-electron chi connectivity index (χ1n) is 12.7. The van der Waals surface area contributed by atoms with Crippen molar-refractivity contribution in [3.8, 4) is 0 Å². The lowest BCUT2D eigenvalue weighted by molar-refractivity contribution is -0.288. The third-order valence-corrected chi connectivity index (χ3v) is 22.2. The van der Waals surface area contributed by atoms with E-state index in [0.29, 0.717) is 6.61 Å². The first-order chi connectivity index (χ1) is 14.9. The van der Waals surface area contributed by atoms with Crippen LogP contribution < -0.4 is 0 Å². The molecule has 0 aromatic rings. The van der Waals surface area contributed by atoms with Crippen LogP contribution in [0.4, 0.5) is 0 Å². The molecule has 9 heteroatoms. The minimum absolute atomic E-state index is 0.00240. The second-order valence-electron chi connectivity index (χ2n) is 14.5. The molecule has 0 amide bonds. The summed E-state index contributed by atoms with van der Waals surface area (Å²) < 4.78 is 32.3. The van der Waals surface area contributed by atoms with Crippen LogP contribution in [-0.4, -0.2) is 74.5 Å². The summed E-state index contributed by atoms with van der Waals surface area (Å²) >= 11 is 0. The van der Waals surface area contributed by atoms with Crippen LogP contribution in [0.2, 0.25) is 54.4 Å². The van der Waals surface area contributed by atoms with Gasteiger partial charge in [0, 0.05) is 7.11 Å². The highest BCUT2D eigenvalue weighted by atomic mass is 28.4. The molecule has 1 aliphatic heterocycles. The molecule has 5 atom stereocenters. The van der Waals surface area contributed by atoms with Crippen LogP contribution in [0.3, 0.4) is 0 Å². The molecule has 6 nitrogen and oxygen atoms in total. The lowest BCUT2D eigenvalue weighted by atomic mass is 9.99. The molecule has 1 heterocycles. The fourth-order valence-corrected chi connectivity index (χ4v) is 6.68. The fraction of sp³-hybridized carbons (Fsp3) is 1.00. The van der Waals surface area contributed by atoms with E-state index in [9.17, 15) is 5.11 Å². The van der Waals surface area contributed by atoms with E-state index >= 15 is 0 Å². The Labute approximate surface area is 213 Å². The number of aliphatic hydroxyl groups is 1. The van der Waals surface area contributed by atoms with E-state index in [1.807, 2.05) is 0 Å². The minimum atomic E-state index is -2.23. The molecule has 0 aliphatic carbocycles. The van der Waals surface area contributed by atoms with Gasteiger partial charge in [-0.1, -0.05) is 62.3 Å². The fourth-order valence-electron chi connectivity index (χ4n) is 3.04. The number of hydrogen-bond donors (Lipinski definition) is 1. The number of methoxy groups -OCH3 is 1. The molecule has 0 unspecified atom stereocenters. The largest absolute Gasteiger partial charge is 0.414 e. The van der Waals surface area contributed by atoms with Gasteiger partial charge in [0.25, 0.3) is 0 Å². The standard InChI is InChI=1S/C25H56O6Si3/c1-23(2,3)32(11,12)28-17-18-20(30-33(13,14)24(4,5)6)21(19(26)22(27-10)29-18)31-34(15,16)25(7,8)9/h18-22,26H,17H2,1-16H3/t18-,19-,20-,21-,22-/m1/s1.